The topological polar surface area (TPSA) is 45.5 Å². The second-order valence-corrected chi connectivity index (χ2v) is 4.45. The maximum atomic E-state index is 11.8. The van der Waals surface area contributed by atoms with Crippen LogP contribution in [0.1, 0.15) is 43.7 Å². The van der Waals surface area contributed by atoms with Crippen LogP contribution in [0, 0.1) is 0 Å². The van der Waals surface area contributed by atoms with Crippen molar-refractivity contribution >= 4 is 5.91 Å². The summed E-state index contributed by atoms with van der Waals surface area (Å²) in [5.74, 6) is 0.204. The van der Waals surface area contributed by atoms with E-state index >= 15 is 0 Å². The van der Waals surface area contributed by atoms with E-state index in [9.17, 15) is 4.79 Å². The molecule has 1 aromatic heterocycles. The first-order valence-corrected chi connectivity index (χ1v) is 5.81. The average molecular weight is 222 g/mol. The Labute approximate surface area is 95.6 Å². The smallest absolute Gasteiger partial charge is 0.301 e. The van der Waals surface area contributed by atoms with Crippen molar-refractivity contribution < 1.29 is 9.21 Å². The van der Waals surface area contributed by atoms with E-state index in [1.165, 1.54) is 12.7 Å². The third kappa shape index (κ3) is 2.27. The fourth-order valence-corrected chi connectivity index (χ4v) is 2.22. The third-order valence-electron chi connectivity index (χ3n) is 3.17. The van der Waals surface area contributed by atoms with Crippen LogP contribution < -0.4 is 5.43 Å². The van der Waals surface area contributed by atoms with Crippen LogP contribution in [0.2, 0.25) is 0 Å². The molecule has 1 aliphatic heterocycles. The van der Waals surface area contributed by atoms with Gasteiger partial charge in [0.05, 0.1) is 6.26 Å². The molecule has 2 unspecified atom stereocenters. The molecule has 2 heterocycles. The van der Waals surface area contributed by atoms with Gasteiger partial charge in [-0.25, -0.2) is 5.01 Å². The summed E-state index contributed by atoms with van der Waals surface area (Å²) in [6.45, 7) is 4.27. The summed E-state index contributed by atoms with van der Waals surface area (Å²) in [6.07, 6.45) is 5.00. The lowest BCUT2D eigenvalue weighted by Crippen LogP contribution is -2.54. The van der Waals surface area contributed by atoms with Gasteiger partial charge in [0.25, 0.3) is 0 Å². The number of piperidine rings is 1. The summed E-state index contributed by atoms with van der Waals surface area (Å²) in [5, 5.41) is 2.04. The first-order chi connectivity index (χ1) is 7.68. The molecule has 1 N–H and O–H groups in total. The van der Waals surface area contributed by atoms with Crippen LogP contribution in [0.4, 0.5) is 0 Å². The van der Waals surface area contributed by atoms with Gasteiger partial charge in [-0.15, -0.1) is 0 Å². The predicted octanol–water partition coefficient (Wildman–Crippen LogP) is 2.19. The Morgan fingerprint density at radius 2 is 2.12 bits per heavy atom. The molecule has 0 bridgehead atoms. The number of rotatable bonds is 2. The van der Waals surface area contributed by atoms with Crippen LogP contribution in [-0.4, -0.2) is 23.0 Å². The Bertz CT molecular complexity index is 338. The van der Waals surface area contributed by atoms with Gasteiger partial charge in [0.1, 0.15) is 0 Å². The van der Waals surface area contributed by atoms with Crippen molar-refractivity contribution in [3.05, 3.63) is 24.2 Å². The molecule has 2 atom stereocenters. The van der Waals surface area contributed by atoms with Gasteiger partial charge in [0, 0.05) is 12.1 Å². The van der Waals surface area contributed by atoms with Gasteiger partial charge in [0.15, 0.2) is 5.76 Å². The largest absolute Gasteiger partial charge is 0.459 e. The van der Waals surface area contributed by atoms with Gasteiger partial charge in [-0.2, -0.15) is 0 Å². The molecular formula is C12H18N2O2. The molecule has 0 saturated carbocycles. The van der Waals surface area contributed by atoms with E-state index in [-0.39, 0.29) is 5.91 Å². The van der Waals surface area contributed by atoms with E-state index in [0.717, 1.165) is 12.8 Å². The number of nitrogens with one attached hydrogen (secondary N) is 1. The van der Waals surface area contributed by atoms with Crippen molar-refractivity contribution in [3.8, 4) is 0 Å². The summed E-state index contributed by atoms with van der Waals surface area (Å²) in [4.78, 5) is 11.8. The average Bonchev–Trinajstić information content (AvgIpc) is 2.76. The van der Waals surface area contributed by atoms with Gasteiger partial charge < -0.3 is 4.42 Å². The fraction of sp³-hybridized carbons (Fsp3) is 0.583. The van der Waals surface area contributed by atoms with Crippen molar-refractivity contribution in [2.75, 3.05) is 0 Å². The van der Waals surface area contributed by atoms with Crippen LogP contribution in [0.25, 0.3) is 0 Å². The number of hydrogen-bond donors (Lipinski definition) is 1. The molecule has 0 aromatic carbocycles. The Hall–Kier alpha value is -1.29. The van der Waals surface area contributed by atoms with Gasteiger partial charge in [-0.05, 0) is 38.8 Å². The Morgan fingerprint density at radius 3 is 2.69 bits per heavy atom. The zero-order valence-electron chi connectivity index (χ0n) is 9.77. The van der Waals surface area contributed by atoms with Gasteiger partial charge in [-0.3, -0.25) is 10.2 Å². The van der Waals surface area contributed by atoms with E-state index in [0.29, 0.717) is 17.8 Å². The lowest BCUT2D eigenvalue weighted by atomic mass is 10.00. The first kappa shape index (κ1) is 11.2. The second kappa shape index (κ2) is 4.70. The standard InChI is InChI=1S/C12H18N2O2/c1-9-5-3-6-10(2)14(9)13-12(15)11-7-4-8-16-11/h4,7-10H,3,5-6H2,1-2H3,(H,13,15). The number of hydrazine groups is 1. The second-order valence-electron chi connectivity index (χ2n) is 4.45. The van der Waals surface area contributed by atoms with Gasteiger partial charge in [-0.1, -0.05) is 6.42 Å². The molecule has 4 nitrogen and oxygen atoms in total. The summed E-state index contributed by atoms with van der Waals surface area (Å²) in [5.41, 5.74) is 2.92. The molecule has 88 valence electrons. The van der Waals surface area contributed by atoms with Crippen LogP contribution in [0.3, 0.4) is 0 Å². The molecule has 1 fully saturated rings. The zero-order valence-corrected chi connectivity index (χ0v) is 9.77. The summed E-state index contributed by atoms with van der Waals surface area (Å²) in [7, 11) is 0. The Kier molecular flexibility index (Phi) is 3.29. The molecule has 1 amide bonds. The molecule has 2 rings (SSSR count). The summed E-state index contributed by atoms with van der Waals surface area (Å²) < 4.78 is 5.07. The monoisotopic (exact) mass is 222 g/mol. The maximum Gasteiger partial charge on any atom is 0.301 e. The highest BCUT2D eigenvalue weighted by Gasteiger charge is 2.26. The van der Waals surface area contributed by atoms with Crippen molar-refractivity contribution in [2.45, 2.75) is 45.2 Å². The molecule has 0 spiro atoms. The Morgan fingerprint density at radius 1 is 1.44 bits per heavy atom. The lowest BCUT2D eigenvalue weighted by molar-refractivity contribution is 0.0351. The number of hydrogen-bond acceptors (Lipinski definition) is 3. The van der Waals surface area contributed by atoms with Crippen molar-refractivity contribution in [2.24, 2.45) is 0 Å². The first-order valence-electron chi connectivity index (χ1n) is 5.81. The van der Waals surface area contributed by atoms with Gasteiger partial charge >= 0.3 is 5.91 Å². The minimum atomic E-state index is -0.161. The van der Waals surface area contributed by atoms with Crippen molar-refractivity contribution in [1.82, 2.24) is 10.4 Å². The van der Waals surface area contributed by atoms with Crippen LogP contribution in [-0.2, 0) is 0 Å². The number of furan rings is 1. The van der Waals surface area contributed by atoms with E-state index < -0.39 is 0 Å². The van der Waals surface area contributed by atoms with Crippen LogP contribution in [0.5, 0.6) is 0 Å². The summed E-state index contributed by atoms with van der Waals surface area (Å²) >= 11 is 0. The predicted molar refractivity (Wildman–Crippen MR) is 60.8 cm³/mol. The van der Waals surface area contributed by atoms with Crippen molar-refractivity contribution in [1.29, 1.82) is 0 Å². The minimum absolute atomic E-state index is 0.161. The number of nitrogens with zero attached hydrogens (tertiary/aromatic N) is 1. The van der Waals surface area contributed by atoms with Crippen LogP contribution in [0.15, 0.2) is 22.8 Å². The SMILES string of the molecule is CC1CCCC(C)N1NC(=O)c1ccco1. The lowest BCUT2D eigenvalue weighted by Gasteiger charge is -2.38. The number of amides is 1. The summed E-state index contributed by atoms with van der Waals surface area (Å²) in [6, 6.07) is 4.18. The highest BCUT2D eigenvalue weighted by atomic mass is 16.3. The molecule has 1 aliphatic rings. The number of carbonyl (C=O) groups excluding carboxylic acids is 1. The molecule has 16 heavy (non-hydrogen) atoms. The normalized spacial score (nSPS) is 26.6. The van der Waals surface area contributed by atoms with Crippen molar-refractivity contribution in [3.63, 3.8) is 0 Å². The molecule has 1 aromatic rings. The number of carbonyl (C=O) groups is 1. The highest BCUT2D eigenvalue weighted by molar-refractivity contribution is 5.90. The third-order valence-corrected chi connectivity index (χ3v) is 3.17. The van der Waals surface area contributed by atoms with Crippen LogP contribution >= 0.6 is 0 Å². The van der Waals surface area contributed by atoms with E-state index in [4.69, 9.17) is 4.42 Å². The van der Waals surface area contributed by atoms with E-state index in [1.807, 2.05) is 5.01 Å². The molecule has 0 radical (unpaired) electrons. The Balaban J connectivity index is 2.00. The highest BCUT2D eigenvalue weighted by Crippen LogP contribution is 2.20. The molecule has 4 heteroatoms. The molecule has 1 saturated heterocycles. The minimum Gasteiger partial charge on any atom is -0.459 e. The molecule has 0 aliphatic carbocycles. The zero-order chi connectivity index (χ0) is 11.5. The molecular weight excluding hydrogens is 204 g/mol. The maximum absolute atomic E-state index is 11.8. The quantitative estimate of drug-likeness (QED) is 0.834. The fourth-order valence-electron chi connectivity index (χ4n) is 2.22. The van der Waals surface area contributed by atoms with E-state index in [1.54, 1.807) is 12.1 Å². The van der Waals surface area contributed by atoms with Gasteiger partial charge in [0.2, 0.25) is 0 Å². The van der Waals surface area contributed by atoms with E-state index in [2.05, 4.69) is 19.3 Å².